The van der Waals surface area contributed by atoms with Crippen molar-refractivity contribution in [1.82, 2.24) is 20.0 Å². The lowest BCUT2D eigenvalue weighted by Gasteiger charge is -2.24. The lowest BCUT2D eigenvalue weighted by Crippen LogP contribution is -2.34. The third kappa shape index (κ3) is 7.23. The molecule has 1 amide bonds. The van der Waals surface area contributed by atoms with Gasteiger partial charge >= 0.3 is 0 Å². The van der Waals surface area contributed by atoms with Crippen molar-refractivity contribution in [1.29, 1.82) is 0 Å². The minimum atomic E-state index is -0.435. The van der Waals surface area contributed by atoms with Gasteiger partial charge in [0.15, 0.2) is 0 Å². The van der Waals surface area contributed by atoms with Gasteiger partial charge in [-0.05, 0) is 31.5 Å². The van der Waals surface area contributed by atoms with Crippen molar-refractivity contribution >= 4 is 18.5 Å². The summed E-state index contributed by atoms with van der Waals surface area (Å²) < 4.78 is 1.79. The SMILES string of the molecule is C#Cc1cnn(CCCC#Cc2cccc(C=O)c2CN(C)C(C=O)CCC(=O)NC)c1. The van der Waals surface area contributed by atoms with Gasteiger partial charge in [0, 0.05) is 50.3 Å². The van der Waals surface area contributed by atoms with E-state index in [1.165, 1.54) is 0 Å². The molecule has 1 N–H and O–H groups in total. The van der Waals surface area contributed by atoms with Crippen LogP contribution in [-0.4, -0.2) is 53.3 Å². The number of hydrogen-bond acceptors (Lipinski definition) is 5. The second-order valence-corrected chi connectivity index (χ2v) is 7.36. The van der Waals surface area contributed by atoms with Crippen LogP contribution in [0.25, 0.3) is 0 Å². The van der Waals surface area contributed by atoms with Crippen LogP contribution in [0.1, 0.15) is 52.7 Å². The molecule has 7 heteroatoms. The number of unbranched alkanes of at least 4 members (excludes halogenated alkanes) is 1. The fraction of sp³-hybridized carbons (Fsp3) is 0.360. The Balaban J connectivity index is 2.05. The number of carbonyl (C=O) groups is 3. The number of aromatic nitrogens is 2. The average molecular weight is 433 g/mol. The first-order chi connectivity index (χ1) is 15.5. The van der Waals surface area contributed by atoms with Crippen molar-refractivity contribution in [2.24, 2.45) is 0 Å². The summed E-state index contributed by atoms with van der Waals surface area (Å²) in [5.41, 5.74) is 2.82. The van der Waals surface area contributed by atoms with Crippen LogP contribution in [0.15, 0.2) is 30.6 Å². The average Bonchev–Trinajstić information content (AvgIpc) is 3.27. The predicted octanol–water partition coefficient (Wildman–Crippen LogP) is 2.03. The Hall–Kier alpha value is -3.68. The molecule has 32 heavy (non-hydrogen) atoms. The van der Waals surface area contributed by atoms with Crippen molar-refractivity contribution in [3.05, 3.63) is 52.8 Å². The summed E-state index contributed by atoms with van der Waals surface area (Å²) in [6, 6.07) is 4.97. The molecule has 1 unspecified atom stereocenters. The molecule has 0 bridgehead atoms. The van der Waals surface area contributed by atoms with Crippen molar-refractivity contribution in [2.45, 2.75) is 44.8 Å². The minimum Gasteiger partial charge on any atom is -0.359 e. The molecule has 0 fully saturated rings. The first-order valence-electron chi connectivity index (χ1n) is 10.4. The van der Waals surface area contributed by atoms with Gasteiger partial charge in [-0.25, -0.2) is 0 Å². The zero-order valence-electron chi connectivity index (χ0n) is 18.5. The number of nitrogens with zero attached hydrogens (tertiary/aromatic N) is 3. The van der Waals surface area contributed by atoms with Crippen LogP contribution in [0, 0.1) is 24.2 Å². The lowest BCUT2D eigenvalue weighted by molar-refractivity contribution is -0.121. The molecule has 0 radical (unpaired) electrons. The maximum absolute atomic E-state index is 11.6. The Bertz CT molecular complexity index is 1040. The Morgan fingerprint density at radius 2 is 2.19 bits per heavy atom. The maximum Gasteiger partial charge on any atom is 0.219 e. The summed E-state index contributed by atoms with van der Waals surface area (Å²) in [5, 5.41) is 6.75. The first kappa shape index (κ1) is 24.6. The summed E-state index contributed by atoms with van der Waals surface area (Å²) in [6.07, 6.45) is 12.6. The smallest absolute Gasteiger partial charge is 0.219 e. The number of amides is 1. The van der Waals surface area contributed by atoms with E-state index in [1.54, 1.807) is 37.1 Å². The number of nitrogens with one attached hydrogen (secondary N) is 1. The van der Waals surface area contributed by atoms with Gasteiger partial charge in [-0.2, -0.15) is 5.10 Å². The molecule has 2 aromatic rings. The highest BCUT2D eigenvalue weighted by atomic mass is 16.1. The van der Waals surface area contributed by atoms with E-state index in [4.69, 9.17) is 6.42 Å². The molecule has 1 aromatic heterocycles. The van der Waals surface area contributed by atoms with Gasteiger partial charge < -0.3 is 10.1 Å². The van der Waals surface area contributed by atoms with Crippen LogP contribution in [0.2, 0.25) is 0 Å². The second kappa shape index (κ2) is 12.9. The molecular formula is C25H28N4O3. The quantitative estimate of drug-likeness (QED) is 0.334. The molecule has 0 aliphatic carbocycles. The Morgan fingerprint density at radius 1 is 1.38 bits per heavy atom. The van der Waals surface area contributed by atoms with Crippen molar-refractivity contribution in [3.63, 3.8) is 0 Å². The number of likely N-dealkylation sites (N-methyl/N-ethyl adjacent to an activating group) is 1. The number of hydrogen-bond donors (Lipinski definition) is 1. The van der Waals surface area contributed by atoms with Crippen molar-refractivity contribution in [2.75, 3.05) is 14.1 Å². The van der Waals surface area contributed by atoms with Crippen LogP contribution in [-0.2, 0) is 22.7 Å². The second-order valence-electron chi connectivity index (χ2n) is 7.36. The predicted molar refractivity (Wildman–Crippen MR) is 123 cm³/mol. The normalized spacial score (nSPS) is 11.2. The fourth-order valence-corrected chi connectivity index (χ4v) is 3.22. The van der Waals surface area contributed by atoms with Crippen LogP contribution < -0.4 is 5.32 Å². The Kier molecular flexibility index (Phi) is 9.90. The van der Waals surface area contributed by atoms with E-state index in [-0.39, 0.29) is 12.3 Å². The zero-order valence-corrected chi connectivity index (χ0v) is 18.5. The summed E-state index contributed by atoms with van der Waals surface area (Å²) in [5.74, 6) is 8.75. The highest BCUT2D eigenvalue weighted by Gasteiger charge is 2.18. The Morgan fingerprint density at radius 3 is 2.84 bits per heavy atom. The third-order valence-corrected chi connectivity index (χ3v) is 5.13. The summed E-state index contributed by atoms with van der Waals surface area (Å²) in [6.45, 7) is 1.09. The zero-order chi connectivity index (χ0) is 23.3. The number of benzene rings is 1. The van der Waals surface area contributed by atoms with Gasteiger partial charge in [0.05, 0.1) is 17.8 Å². The molecule has 1 aromatic carbocycles. The summed E-state index contributed by atoms with van der Waals surface area (Å²) in [7, 11) is 3.37. The van der Waals surface area contributed by atoms with Crippen molar-refractivity contribution < 1.29 is 14.4 Å². The van der Waals surface area contributed by atoms with Crippen LogP contribution >= 0.6 is 0 Å². The molecule has 0 saturated heterocycles. The third-order valence-electron chi connectivity index (χ3n) is 5.13. The number of terminal acetylenes is 1. The van der Waals surface area contributed by atoms with E-state index in [1.807, 2.05) is 17.2 Å². The summed E-state index contributed by atoms with van der Waals surface area (Å²) in [4.78, 5) is 36.5. The highest BCUT2D eigenvalue weighted by molar-refractivity contribution is 5.79. The largest absolute Gasteiger partial charge is 0.359 e. The topological polar surface area (TPSA) is 84.3 Å². The van der Waals surface area contributed by atoms with E-state index in [0.717, 1.165) is 35.7 Å². The van der Waals surface area contributed by atoms with Gasteiger partial charge in [-0.3, -0.25) is 19.2 Å². The summed E-state index contributed by atoms with van der Waals surface area (Å²) >= 11 is 0. The van der Waals surface area contributed by atoms with E-state index in [2.05, 4.69) is 28.2 Å². The molecule has 0 spiro atoms. The van der Waals surface area contributed by atoms with Gasteiger partial charge in [0.1, 0.15) is 12.6 Å². The first-order valence-corrected chi connectivity index (χ1v) is 10.4. The molecule has 0 saturated carbocycles. The molecule has 1 heterocycles. The Labute approximate surface area is 189 Å². The van der Waals surface area contributed by atoms with Crippen molar-refractivity contribution in [3.8, 4) is 24.2 Å². The molecule has 7 nitrogen and oxygen atoms in total. The minimum absolute atomic E-state index is 0.115. The lowest BCUT2D eigenvalue weighted by atomic mass is 10.00. The number of aldehydes is 2. The van der Waals surface area contributed by atoms with E-state index < -0.39 is 6.04 Å². The number of aryl methyl sites for hydroxylation is 1. The standard InChI is InChI=1S/C25H28N4O3/c1-4-20-15-27-29(16-20)14-7-5-6-9-21-10-8-11-22(18-30)24(21)17-28(3)23(19-31)12-13-25(32)26-2/h1,8,10-11,15-16,18-19,23H,5,7,12-14,17H2,2-3H3,(H,26,32). The molecular weight excluding hydrogens is 404 g/mol. The van der Waals surface area contributed by atoms with E-state index >= 15 is 0 Å². The van der Waals surface area contributed by atoms with Crippen LogP contribution in [0.4, 0.5) is 0 Å². The van der Waals surface area contributed by atoms with E-state index in [9.17, 15) is 14.4 Å². The number of carbonyl (C=O) groups excluding carboxylic acids is 3. The van der Waals surface area contributed by atoms with Gasteiger partial charge in [-0.15, -0.1) is 6.42 Å². The molecule has 0 aliphatic heterocycles. The molecule has 2 rings (SSSR count). The van der Waals surface area contributed by atoms with Gasteiger partial charge in [0.2, 0.25) is 5.91 Å². The number of rotatable bonds is 11. The molecule has 0 aliphatic rings. The van der Waals surface area contributed by atoms with Gasteiger partial charge in [0.25, 0.3) is 0 Å². The van der Waals surface area contributed by atoms with Gasteiger partial charge in [-0.1, -0.05) is 29.9 Å². The molecule has 1 atom stereocenters. The molecule has 166 valence electrons. The maximum atomic E-state index is 11.6. The monoisotopic (exact) mass is 432 g/mol. The van der Waals surface area contributed by atoms with Crippen LogP contribution in [0.3, 0.4) is 0 Å². The fourth-order valence-electron chi connectivity index (χ4n) is 3.22. The van der Waals surface area contributed by atoms with E-state index in [0.29, 0.717) is 31.5 Å². The van der Waals surface area contributed by atoms with Crippen LogP contribution in [0.5, 0.6) is 0 Å². The highest BCUT2D eigenvalue weighted by Crippen LogP contribution is 2.17.